The quantitative estimate of drug-likeness (QED) is 0.321. The van der Waals surface area contributed by atoms with Crippen molar-refractivity contribution in [3.8, 4) is 11.4 Å². The first-order chi connectivity index (χ1) is 15.5. The van der Waals surface area contributed by atoms with Gasteiger partial charge in [-0.25, -0.2) is 13.2 Å². The number of hydrogen-bond acceptors (Lipinski definition) is 5. The van der Waals surface area contributed by atoms with E-state index in [9.17, 15) is 31.5 Å². The van der Waals surface area contributed by atoms with Gasteiger partial charge in [-0.2, -0.15) is 8.78 Å². The van der Waals surface area contributed by atoms with Crippen LogP contribution in [0.1, 0.15) is 25.8 Å². The summed E-state index contributed by atoms with van der Waals surface area (Å²) in [4.78, 5) is 34.6. The molecule has 0 bridgehead atoms. The molecule has 33 heavy (non-hydrogen) atoms. The second kappa shape index (κ2) is 9.62. The molecule has 1 atom stereocenters. The van der Waals surface area contributed by atoms with Gasteiger partial charge in [0.25, 0.3) is 0 Å². The Morgan fingerprint density at radius 2 is 1.91 bits per heavy atom. The van der Waals surface area contributed by atoms with Gasteiger partial charge >= 0.3 is 12.3 Å². The lowest BCUT2D eigenvalue weighted by molar-refractivity contribution is -0.173. The second-order valence-corrected chi connectivity index (χ2v) is 8.63. The lowest BCUT2D eigenvalue weighted by Crippen LogP contribution is -2.53. The van der Waals surface area contributed by atoms with Crippen molar-refractivity contribution < 1.29 is 31.5 Å². The molecule has 3 rings (SSSR count). The van der Waals surface area contributed by atoms with Crippen LogP contribution in [0.25, 0.3) is 11.4 Å². The number of pyridine rings is 2. The number of rotatable bonds is 7. The zero-order valence-corrected chi connectivity index (χ0v) is 18.8. The first-order valence-corrected chi connectivity index (χ1v) is 11.0. The summed E-state index contributed by atoms with van der Waals surface area (Å²) in [6.07, 6.45) is -5.51. The van der Waals surface area contributed by atoms with Crippen LogP contribution in [0.4, 0.5) is 33.3 Å². The van der Waals surface area contributed by atoms with E-state index in [0.29, 0.717) is 33.3 Å². The molecule has 0 saturated carbocycles. The van der Waals surface area contributed by atoms with Gasteiger partial charge in [0, 0.05) is 25.3 Å². The van der Waals surface area contributed by atoms with Crippen LogP contribution >= 0.6 is 11.8 Å². The van der Waals surface area contributed by atoms with Crippen LogP contribution in [-0.2, 0) is 16.0 Å². The molecule has 1 aliphatic heterocycles. The molecule has 1 unspecified atom stereocenters. The van der Waals surface area contributed by atoms with Gasteiger partial charge in [0.05, 0.1) is 29.5 Å². The number of nitrogens with zero attached hydrogens (tertiary/aromatic N) is 4. The average molecular weight is 488 g/mol. The molecule has 0 fully saturated rings. The van der Waals surface area contributed by atoms with Gasteiger partial charge < -0.3 is 4.90 Å². The molecule has 0 radical (unpaired) electrons. The van der Waals surface area contributed by atoms with Crippen LogP contribution in [0.15, 0.2) is 29.4 Å². The van der Waals surface area contributed by atoms with E-state index in [-0.39, 0.29) is 29.3 Å². The summed E-state index contributed by atoms with van der Waals surface area (Å²) in [5.74, 6) is -5.56. The fraction of sp³-hybridized carbons (Fsp3) is 0.429. The van der Waals surface area contributed by atoms with Crippen molar-refractivity contribution in [3.63, 3.8) is 0 Å². The number of fused-ring (bicyclic) bond motifs is 1. The molecule has 178 valence electrons. The molecule has 1 aliphatic rings. The number of aryl methyl sites for hydroxylation is 1. The van der Waals surface area contributed by atoms with Crippen LogP contribution < -0.4 is 9.80 Å². The number of thioether (sulfide) groups is 1. The summed E-state index contributed by atoms with van der Waals surface area (Å²) in [7, 11) is 1.60. The predicted molar refractivity (Wildman–Crippen MR) is 115 cm³/mol. The third-order valence-corrected chi connectivity index (χ3v) is 6.09. The highest BCUT2D eigenvalue weighted by Crippen LogP contribution is 2.39. The Labute approximate surface area is 191 Å². The molecule has 0 saturated heterocycles. The van der Waals surface area contributed by atoms with Crippen LogP contribution in [0.5, 0.6) is 0 Å². The maximum Gasteiger partial charge on any atom is 0.356 e. The number of hydrogen-bond donors (Lipinski definition) is 0. The maximum atomic E-state index is 14.4. The van der Waals surface area contributed by atoms with Gasteiger partial charge in [-0.1, -0.05) is 6.92 Å². The normalized spacial score (nSPS) is 14.9. The van der Waals surface area contributed by atoms with Crippen LogP contribution in [0.3, 0.4) is 0 Å². The van der Waals surface area contributed by atoms with Crippen molar-refractivity contribution in [3.05, 3.63) is 30.1 Å². The molecule has 0 aromatic carbocycles. The highest BCUT2D eigenvalue weighted by molar-refractivity contribution is 7.99. The highest BCUT2D eigenvalue weighted by Gasteiger charge is 2.54. The van der Waals surface area contributed by atoms with Crippen molar-refractivity contribution in [1.82, 2.24) is 9.97 Å². The lowest BCUT2D eigenvalue weighted by Gasteiger charge is -2.34. The molecule has 2 aromatic heterocycles. The molecule has 2 aromatic rings. The van der Waals surface area contributed by atoms with Gasteiger partial charge in [0.2, 0.25) is 18.1 Å². The molecule has 0 aliphatic carbocycles. The largest absolute Gasteiger partial charge is 0.356 e. The number of aromatic nitrogens is 2. The molecule has 2 amide bonds. The number of carbonyl (C=O) groups excluding carboxylic acids is 2. The van der Waals surface area contributed by atoms with Gasteiger partial charge in [-0.15, -0.1) is 11.8 Å². The summed E-state index contributed by atoms with van der Waals surface area (Å²) in [5, 5.41) is 0. The molecule has 6 nitrogen and oxygen atoms in total. The Bertz CT molecular complexity index is 1070. The molecule has 0 spiro atoms. The van der Waals surface area contributed by atoms with E-state index in [0.717, 1.165) is 6.20 Å². The van der Waals surface area contributed by atoms with Gasteiger partial charge in [-0.3, -0.25) is 24.5 Å². The number of amides is 2. The Balaban J connectivity index is 2.04. The summed E-state index contributed by atoms with van der Waals surface area (Å²) in [6, 6.07) is 3.24. The van der Waals surface area contributed by atoms with Crippen molar-refractivity contribution in [2.45, 2.75) is 50.2 Å². The van der Waals surface area contributed by atoms with Crippen molar-refractivity contribution in [2.75, 3.05) is 22.6 Å². The SMILES string of the molecule is CCSc1cc(N(C)C(C)=O)cnc1-c1cc2c(cn1)N(C(F)C(F)(F)C(F)F)C(=O)CC2. The average Bonchev–Trinajstić information content (AvgIpc) is 2.77. The Morgan fingerprint density at radius 1 is 1.21 bits per heavy atom. The Morgan fingerprint density at radius 3 is 2.52 bits per heavy atom. The van der Waals surface area contributed by atoms with Crippen molar-refractivity contribution in [2.24, 2.45) is 0 Å². The van der Waals surface area contributed by atoms with Crippen molar-refractivity contribution >= 4 is 35.0 Å². The summed E-state index contributed by atoms with van der Waals surface area (Å²) >= 11 is 1.44. The third kappa shape index (κ3) is 4.80. The fourth-order valence-corrected chi connectivity index (χ4v) is 4.12. The van der Waals surface area contributed by atoms with Gasteiger partial charge in [0.1, 0.15) is 5.69 Å². The van der Waals surface area contributed by atoms with E-state index in [1.54, 1.807) is 13.1 Å². The highest BCUT2D eigenvalue weighted by atomic mass is 32.2. The lowest BCUT2D eigenvalue weighted by atomic mass is 10.0. The van der Waals surface area contributed by atoms with Crippen molar-refractivity contribution in [1.29, 1.82) is 0 Å². The molecular formula is C21H21F5N4O2S. The minimum absolute atomic E-state index is 0.0574. The zero-order chi connectivity index (χ0) is 24.5. The van der Waals surface area contributed by atoms with E-state index in [4.69, 9.17) is 0 Å². The molecule has 12 heteroatoms. The standard InChI is InChI=1S/C21H21F5N4O2S/c1-4-33-16-8-13(29(3)11(2)31)9-28-18(16)14-7-12-5-6-17(32)30(15(12)10-27-14)20(24)21(25,26)19(22)23/h7-10,19-20H,4-6H2,1-3H3. The summed E-state index contributed by atoms with van der Waals surface area (Å²) < 4.78 is 67.1. The number of anilines is 2. The Kier molecular flexibility index (Phi) is 7.25. The third-order valence-electron chi connectivity index (χ3n) is 5.18. The smallest absolute Gasteiger partial charge is 0.314 e. The summed E-state index contributed by atoms with van der Waals surface area (Å²) in [6.45, 7) is 3.33. The minimum Gasteiger partial charge on any atom is -0.314 e. The topological polar surface area (TPSA) is 66.4 Å². The molecule has 0 N–H and O–H groups in total. The van der Waals surface area contributed by atoms with Gasteiger partial charge in [0.15, 0.2) is 0 Å². The van der Waals surface area contributed by atoms with E-state index in [2.05, 4.69) is 9.97 Å². The van der Waals surface area contributed by atoms with Crippen LogP contribution in [-0.4, -0.2) is 53.2 Å². The first-order valence-electron chi connectivity index (χ1n) is 9.97. The summed E-state index contributed by atoms with van der Waals surface area (Å²) in [5.41, 5.74) is 1.38. The number of alkyl halides is 5. The Hall–Kier alpha value is -2.76. The van der Waals surface area contributed by atoms with Gasteiger partial charge in [-0.05, 0) is 29.9 Å². The fourth-order valence-electron chi connectivity index (χ4n) is 3.31. The zero-order valence-electron chi connectivity index (χ0n) is 18.0. The van der Waals surface area contributed by atoms with E-state index in [1.807, 2.05) is 6.92 Å². The van der Waals surface area contributed by atoms with Crippen LogP contribution in [0.2, 0.25) is 0 Å². The van der Waals surface area contributed by atoms with E-state index in [1.165, 1.54) is 35.8 Å². The van der Waals surface area contributed by atoms with E-state index >= 15 is 0 Å². The van der Waals surface area contributed by atoms with Crippen LogP contribution in [0, 0.1) is 0 Å². The first kappa shape index (κ1) is 24.9. The minimum atomic E-state index is -5.03. The number of carbonyl (C=O) groups is 2. The predicted octanol–water partition coefficient (Wildman–Crippen LogP) is 4.71. The monoisotopic (exact) mass is 488 g/mol. The van der Waals surface area contributed by atoms with E-state index < -0.39 is 24.6 Å². The number of halogens is 5. The molecule has 3 heterocycles. The maximum absolute atomic E-state index is 14.4. The second-order valence-electron chi connectivity index (χ2n) is 7.32. The molecular weight excluding hydrogens is 467 g/mol.